The molecule has 0 amide bonds. The quantitative estimate of drug-likeness (QED) is 0.449. The van der Waals surface area contributed by atoms with E-state index in [1.165, 1.54) is 0 Å². The second-order valence-corrected chi connectivity index (χ2v) is 3.25. The molecule has 2 N–H and O–H groups in total. The predicted molar refractivity (Wildman–Crippen MR) is 32.9 cm³/mol. The normalized spacial score (nSPS) is 52.0. The Morgan fingerprint density at radius 3 is 2.11 bits per heavy atom. The molecule has 1 fully saturated rings. The average Bonchev–Trinajstić information content (AvgIpc) is 1.79. The van der Waals surface area contributed by atoms with Crippen LogP contribution in [-0.2, 0) is 0 Å². The van der Waals surface area contributed by atoms with Gasteiger partial charge in [0.2, 0.25) is 0 Å². The summed E-state index contributed by atoms with van der Waals surface area (Å²) in [6.45, 7) is 3.09. The summed E-state index contributed by atoms with van der Waals surface area (Å²) >= 11 is 0. The third-order valence-corrected chi connectivity index (χ3v) is 1.92. The Bertz CT molecular complexity index is 102. The summed E-state index contributed by atoms with van der Waals surface area (Å²) in [7, 11) is 1.72. The standard InChI is InChI=1S/C6H14NO2/c1-5-3-7(2,9)4-6(5)8/h5-6,8-9H,3-4H2,1-2H3/q+1. The molecule has 0 aromatic carbocycles. The van der Waals surface area contributed by atoms with Crippen molar-refractivity contribution in [3.8, 4) is 0 Å². The van der Waals surface area contributed by atoms with Crippen molar-refractivity contribution in [1.29, 1.82) is 0 Å². The molecule has 1 rings (SSSR count). The summed E-state index contributed by atoms with van der Waals surface area (Å²) < 4.78 is -0.0255. The summed E-state index contributed by atoms with van der Waals surface area (Å²) in [5.74, 6) is 0.236. The van der Waals surface area contributed by atoms with E-state index in [1.54, 1.807) is 7.05 Å². The number of quaternary nitrogens is 1. The largest absolute Gasteiger partial charge is 0.387 e. The van der Waals surface area contributed by atoms with Crippen LogP contribution in [-0.4, -0.2) is 41.2 Å². The molecule has 3 heteroatoms. The van der Waals surface area contributed by atoms with Gasteiger partial charge >= 0.3 is 0 Å². The molecule has 0 bridgehead atoms. The fourth-order valence-electron chi connectivity index (χ4n) is 1.40. The van der Waals surface area contributed by atoms with Crippen LogP contribution < -0.4 is 0 Å². The zero-order valence-electron chi connectivity index (χ0n) is 5.91. The second-order valence-electron chi connectivity index (χ2n) is 3.25. The van der Waals surface area contributed by atoms with Crippen LogP contribution in [0, 0.1) is 5.92 Å². The van der Waals surface area contributed by atoms with E-state index in [0.717, 1.165) is 0 Å². The molecular formula is C6H14NO2+. The monoisotopic (exact) mass is 132 g/mol. The Morgan fingerprint density at radius 1 is 1.44 bits per heavy atom. The van der Waals surface area contributed by atoms with Gasteiger partial charge in [-0.2, -0.15) is 4.65 Å². The van der Waals surface area contributed by atoms with Crippen LogP contribution in [0.3, 0.4) is 0 Å². The number of hydroxylamine groups is 3. The Labute approximate surface area is 55.1 Å². The van der Waals surface area contributed by atoms with Gasteiger partial charge in [0.05, 0.1) is 7.05 Å². The van der Waals surface area contributed by atoms with E-state index in [2.05, 4.69) is 0 Å². The molecule has 0 saturated carbocycles. The highest BCUT2D eigenvalue weighted by molar-refractivity contribution is 4.68. The smallest absolute Gasteiger partial charge is 0.135 e. The number of likely N-dealkylation sites (tertiary alicyclic amines) is 1. The van der Waals surface area contributed by atoms with E-state index in [-0.39, 0.29) is 16.7 Å². The van der Waals surface area contributed by atoms with Crippen molar-refractivity contribution < 1.29 is 15.0 Å². The molecule has 0 aromatic rings. The lowest BCUT2D eigenvalue weighted by Crippen LogP contribution is -2.38. The molecule has 9 heavy (non-hydrogen) atoms. The average molecular weight is 132 g/mol. The van der Waals surface area contributed by atoms with E-state index < -0.39 is 0 Å². The minimum absolute atomic E-state index is 0.0255. The van der Waals surface area contributed by atoms with Gasteiger partial charge in [0, 0.05) is 5.92 Å². The van der Waals surface area contributed by atoms with E-state index in [9.17, 15) is 5.21 Å². The molecule has 1 saturated heterocycles. The van der Waals surface area contributed by atoms with Crippen LogP contribution in [0.4, 0.5) is 0 Å². The second kappa shape index (κ2) is 1.94. The summed E-state index contributed by atoms with van der Waals surface area (Å²) in [4.78, 5) is 0. The summed E-state index contributed by atoms with van der Waals surface area (Å²) in [6.07, 6.45) is -0.319. The van der Waals surface area contributed by atoms with Crippen LogP contribution in [0.5, 0.6) is 0 Å². The van der Waals surface area contributed by atoms with E-state index >= 15 is 0 Å². The molecule has 0 aliphatic carbocycles. The van der Waals surface area contributed by atoms with Gasteiger partial charge in [0.1, 0.15) is 19.2 Å². The van der Waals surface area contributed by atoms with Gasteiger partial charge in [-0.1, -0.05) is 6.92 Å². The number of hydrogen-bond donors (Lipinski definition) is 2. The topological polar surface area (TPSA) is 40.5 Å². The number of rotatable bonds is 0. The van der Waals surface area contributed by atoms with Crippen molar-refractivity contribution >= 4 is 0 Å². The fourth-order valence-corrected chi connectivity index (χ4v) is 1.40. The van der Waals surface area contributed by atoms with Gasteiger partial charge in [0.15, 0.2) is 0 Å². The predicted octanol–water partition coefficient (Wildman–Crippen LogP) is -0.167. The van der Waals surface area contributed by atoms with Gasteiger partial charge in [-0.05, 0) is 0 Å². The zero-order chi connectivity index (χ0) is 7.07. The molecule has 1 aliphatic rings. The van der Waals surface area contributed by atoms with Gasteiger partial charge in [-0.3, -0.25) is 0 Å². The third-order valence-electron chi connectivity index (χ3n) is 1.92. The minimum Gasteiger partial charge on any atom is -0.387 e. The third kappa shape index (κ3) is 1.41. The molecule has 1 heterocycles. The number of aliphatic hydroxyl groups excluding tert-OH is 1. The van der Waals surface area contributed by atoms with Crippen LogP contribution >= 0.6 is 0 Å². The van der Waals surface area contributed by atoms with Gasteiger partial charge < -0.3 is 5.11 Å². The lowest BCUT2D eigenvalue weighted by atomic mass is 10.1. The van der Waals surface area contributed by atoms with Crippen molar-refractivity contribution in [2.45, 2.75) is 13.0 Å². The Hall–Kier alpha value is -0.120. The lowest BCUT2D eigenvalue weighted by molar-refractivity contribution is -1.08. The van der Waals surface area contributed by atoms with E-state index in [4.69, 9.17) is 5.11 Å². The minimum atomic E-state index is -0.319. The number of aliphatic hydroxyl groups is 1. The highest BCUT2D eigenvalue weighted by atomic mass is 16.5. The first-order valence-corrected chi connectivity index (χ1v) is 3.27. The molecule has 0 spiro atoms. The zero-order valence-corrected chi connectivity index (χ0v) is 5.91. The van der Waals surface area contributed by atoms with Crippen molar-refractivity contribution in [1.82, 2.24) is 0 Å². The van der Waals surface area contributed by atoms with E-state index in [1.807, 2.05) is 6.92 Å². The molecule has 3 atom stereocenters. The van der Waals surface area contributed by atoms with E-state index in [0.29, 0.717) is 13.1 Å². The summed E-state index contributed by atoms with van der Waals surface area (Å²) in [6, 6.07) is 0. The van der Waals surface area contributed by atoms with Crippen molar-refractivity contribution in [2.24, 2.45) is 5.92 Å². The summed E-state index contributed by atoms with van der Waals surface area (Å²) in [5, 5.41) is 18.5. The summed E-state index contributed by atoms with van der Waals surface area (Å²) in [5.41, 5.74) is 0. The SMILES string of the molecule is CC1C[N+](C)(O)CC1O. The maximum absolute atomic E-state index is 9.31. The molecule has 0 aromatic heterocycles. The first-order valence-electron chi connectivity index (χ1n) is 3.27. The van der Waals surface area contributed by atoms with Crippen LogP contribution in [0.2, 0.25) is 0 Å². The van der Waals surface area contributed by atoms with Gasteiger partial charge in [-0.25, -0.2) is 5.21 Å². The molecular weight excluding hydrogens is 118 g/mol. The molecule has 1 aliphatic heterocycles. The Morgan fingerprint density at radius 2 is 2.00 bits per heavy atom. The molecule has 54 valence electrons. The Balaban J connectivity index is 2.54. The van der Waals surface area contributed by atoms with Crippen LogP contribution in [0.15, 0.2) is 0 Å². The molecule has 3 unspecified atom stereocenters. The lowest BCUT2D eigenvalue weighted by Gasteiger charge is -2.17. The fraction of sp³-hybridized carbons (Fsp3) is 1.00. The Kier molecular flexibility index (Phi) is 1.50. The highest BCUT2D eigenvalue weighted by Gasteiger charge is 2.38. The van der Waals surface area contributed by atoms with Crippen LogP contribution in [0.1, 0.15) is 6.92 Å². The number of nitrogens with zero attached hydrogens (tertiary/aromatic N) is 1. The maximum Gasteiger partial charge on any atom is 0.135 e. The van der Waals surface area contributed by atoms with Crippen molar-refractivity contribution in [3.05, 3.63) is 0 Å². The van der Waals surface area contributed by atoms with Gasteiger partial charge in [0.25, 0.3) is 0 Å². The maximum atomic E-state index is 9.31. The number of hydrogen-bond acceptors (Lipinski definition) is 2. The first kappa shape index (κ1) is 6.99. The molecule has 3 nitrogen and oxygen atoms in total. The first-order chi connectivity index (χ1) is 4.01. The van der Waals surface area contributed by atoms with Crippen molar-refractivity contribution in [2.75, 3.05) is 20.1 Å². The van der Waals surface area contributed by atoms with Crippen molar-refractivity contribution in [3.63, 3.8) is 0 Å². The van der Waals surface area contributed by atoms with Crippen LogP contribution in [0.25, 0.3) is 0 Å². The van der Waals surface area contributed by atoms with Gasteiger partial charge in [-0.15, -0.1) is 0 Å². The highest BCUT2D eigenvalue weighted by Crippen LogP contribution is 2.19. The number of likely N-dealkylation sites (N-methyl/N-ethyl adjacent to an activating group) is 1. The molecule has 0 radical (unpaired) electrons.